The number of amides is 1. The van der Waals surface area contributed by atoms with Crippen LogP contribution in [0.25, 0.3) is 21.8 Å². The molecule has 0 saturated heterocycles. The molecule has 1 amide bonds. The van der Waals surface area contributed by atoms with Gasteiger partial charge in [0.2, 0.25) is 0 Å². The Labute approximate surface area is 203 Å². The summed E-state index contributed by atoms with van der Waals surface area (Å²) in [6.45, 7) is 2.02. The van der Waals surface area contributed by atoms with Gasteiger partial charge in [0.25, 0.3) is 5.91 Å². The zero-order valence-corrected chi connectivity index (χ0v) is 19.6. The third kappa shape index (κ3) is 3.45. The molecule has 0 fully saturated rings. The normalized spacial score (nSPS) is 15.5. The van der Waals surface area contributed by atoms with E-state index in [1.165, 1.54) is 11.0 Å². The minimum absolute atomic E-state index is 0.0818. The average molecular weight is 500 g/mol. The number of aromatic hydroxyl groups is 1. The Bertz CT molecular complexity index is 1540. The van der Waals surface area contributed by atoms with E-state index in [0.717, 1.165) is 23.7 Å². The maximum atomic E-state index is 13.8. The first-order valence-electron chi connectivity index (χ1n) is 11.3. The number of hydrogen-bond acceptors (Lipinski definition) is 5. The van der Waals surface area contributed by atoms with Crippen LogP contribution in [-0.4, -0.2) is 47.7 Å². The van der Waals surface area contributed by atoms with E-state index in [1.807, 2.05) is 25.1 Å². The van der Waals surface area contributed by atoms with Crippen LogP contribution in [0.4, 0.5) is 24.5 Å². The van der Waals surface area contributed by atoms with Crippen molar-refractivity contribution in [1.29, 1.82) is 0 Å². The van der Waals surface area contributed by atoms with E-state index < -0.39 is 35.1 Å². The van der Waals surface area contributed by atoms with Crippen molar-refractivity contribution in [2.75, 3.05) is 30.9 Å². The van der Waals surface area contributed by atoms with Gasteiger partial charge in [0.05, 0.1) is 23.9 Å². The first-order valence-corrected chi connectivity index (χ1v) is 11.3. The van der Waals surface area contributed by atoms with Gasteiger partial charge in [-0.15, -0.1) is 0 Å². The fraction of sp³-hybridized carbons (Fsp3) is 0.280. The third-order valence-electron chi connectivity index (χ3n) is 6.73. The molecule has 0 spiro atoms. The number of carbonyl (C=O) groups is 2. The summed E-state index contributed by atoms with van der Waals surface area (Å²) in [7, 11) is 2.78. The van der Waals surface area contributed by atoms with Crippen LogP contribution in [0.2, 0.25) is 0 Å². The molecule has 0 radical (unpaired) electrons. The van der Waals surface area contributed by atoms with Gasteiger partial charge in [-0.05, 0) is 36.2 Å². The average Bonchev–Trinajstić information content (AvgIpc) is 3.55. The highest BCUT2D eigenvalue weighted by atomic mass is 19.4. The number of rotatable bonds is 4. The van der Waals surface area contributed by atoms with E-state index in [4.69, 9.17) is 0 Å². The molecule has 188 valence electrons. The molecule has 3 heterocycles. The van der Waals surface area contributed by atoms with Gasteiger partial charge in [0, 0.05) is 47.6 Å². The highest BCUT2D eigenvalue weighted by Crippen LogP contribution is 2.49. The Morgan fingerprint density at radius 1 is 1.22 bits per heavy atom. The number of phenols is 1. The number of ether oxygens (including phenoxy) is 1. The topological polar surface area (TPSA) is 110 Å². The summed E-state index contributed by atoms with van der Waals surface area (Å²) in [5.74, 6) is -2.46. The monoisotopic (exact) mass is 500 g/mol. The van der Waals surface area contributed by atoms with Crippen LogP contribution in [0.15, 0.2) is 30.3 Å². The molecule has 0 bridgehead atoms. The highest BCUT2D eigenvalue weighted by Gasteiger charge is 2.43. The number of nitrogens with zero attached hydrogens (tertiary/aromatic N) is 1. The van der Waals surface area contributed by atoms with Crippen molar-refractivity contribution in [2.24, 2.45) is 0 Å². The molecule has 1 aliphatic rings. The predicted molar refractivity (Wildman–Crippen MR) is 129 cm³/mol. The number of fused-ring (bicyclic) bond motifs is 4. The van der Waals surface area contributed by atoms with Gasteiger partial charge in [0.15, 0.2) is 0 Å². The number of carbonyl (C=O) groups excluding carboxylic acids is 2. The Kier molecular flexibility index (Phi) is 5.38. The van der Waals surface area contributed by atoms with Crippen LogP contribution < -0.4 is 10.2 Å². The number of phenolic OH excluding ortho intramolecular Hbond substituents is 1. The minimum Gasteiger partial charge on any atom is -0.506 e. The van der Waals surface area contributed by atoms with Crippen LogP contribution >= 0.6 is 0 Å². The number of aromatic nitrogens is 2. The zero-order chi connectivity index (χ0) is 25.9. The van der Waals surface area contributed by atoms with Crippen molar-refractivity contribution in [1.82, 2.24) is 9.97 Å². The van der Waals surface area contributed by atoms with Gasteiger partial charge >= 0.3 is 12.1 Å². The van der Waals surface area contributed by atoms with E-state index in [2.05, 4.69) is 20.0 Å². The molecule has 0 saturated carbocycles. The van der Waals surface area contributed by atoms with Gasteiger partial charge in [-0.1, -0.05) is 6.92 Å². The first-order chi connectivity index (χ1) is 17.1. The summed E-state index contributed by atoms with van der Waals surface area (Å²) in [5.41, 5.74) is 0.319. The molecule has 11 heteroatoms. The number of nitrogens with one attached hydrogen (secondary N) is 3. The second-order valence-corrected chi connectivity index (χ2v) is 8.70. The molecule has 5 rings (SSSR count). The largest absolute Gasteiger partial charge is 0.506 e. The molecule has 36 heavy (non-hydrogen) atoms. The molecule has 1 atom stereocenters. The van der Waals surface area contributed by atoms with Crippen molar-refractivity contribution in [3.05, 3.63) is 52.8 Å². The van der Waals surface area contributed by atoms with Crippen LogP contribution in [-0.2, 0) is 10.9 Å². The molecule has 0 unspecified atom stereocenters. The second-order valence-electron chi connectivity index (χ2n) is 8.70. The summed E-state index contributed by atoms with van der Waals surface area (Å²) >= 11 is 0. The van der Waals surface area contributed by atoms with Crippen molar-refractivity contribution in [3.8, 4) is 5.75 Å². The minimum atomic E-state index is -4.89. The molecule has 2 aromatic heterocycles. The van der Waals surface area contributed by atoms with Crippen LogP contribution in [0.1, 0.15) is 51.4 Å². The number of methoxy groups -OCH3 is 1. The Balaban J connectivity index is 1.71. The molecule has 0 aliphatic carbocycles. The van der Waals surface area contributed by atoms with E-state index in [1.54, 1.807) is 13.1 Å². The summed E-state index contributed by atoms with van der Waals surface area (Å²) < 4.78 is 46.2. The number of hydrogen-bond donors (Lipinski definition) is 4. The van der Waals surface area contributed by atoms with Gasteiger partial charge < -0.3 is 30.0 Å². The number of alkyl halides is 3. The maximum absolute atomic E-state index is 13.8. The van der Waals surface area contributed by atoms with Crippen LogP contribution in [0.3, 0.4) is 0 Å². The number of H-pyrrole nitrogens is 2. The number of aromatic amines is 2. The molecular formula is C25H23F3N4O4. The van der Waals surface area contributed by atoms with Gasteiger partial charge in [-0.25, -0.2) is 4.79 Å². The summed E-state index contributed by atoms with van der Waals surface area (Å²) in [6.07, 6.45) is -4.41. The van der Waals surface area contributed by atoms with E-state index >= 15 is 0 Å². The number of esters is 1. The predicted octanol–water partition coefficient (Wildman–Crippen LogP) is 5.36. The lowest BCUT2D eigenvalue weighted by Crippen LogP contribution is -2.30. The van der Waals surface area contributed by atoms with Gasteiger partial charge in [-0.2, -0.15) is 13.2 Å². The van der Waals surface area contributed by atoms with E-state index in [0.29, 0.717) is 17.7 Å². The first kappa shape index (κ1) is 23.6. The molecule has 4 N–H and O–H groups in total. The molecular weight excluding hydrogens is 477 g/mol. The summed E-state index contributed by atoms with van der Waals surface area (Å²) in [5, 5.41) is 14.5. The van der Waals surface area contributed by atoms with Crippen molar-refractivity contribution >= 4 is 45.1 Å². The van der Waals surface area contributed by atoms with Crippen molar-refractivity contribution < 1.29 is 32.6 Å². The van der Waals surface area contributed by atoms with Crippen LogP contribution in [0, 0.1) is 0 Å². The molecule has 1 aliphatic heterocycles. The van der Waals surface area contributed by atoms with Gasteiger partial charge in [0.1, 0.15) is 17.1 Å². The molecule has 8 nitrogen and oxygen atoms in total. The molecule has 2 aromatic carbocycles. The fourth-order valence-corrected chi connectivity index (χ4v) is 5.01. The second kappa shape index (κ2) is 8.21. The zero-order valence-electron chi connectivity index (χ0n) is 19.6. The SMILES string of the molecule is CC[C@@H]1CN(C(=O)c2cc3cc(NC)ccc3[nH]2)c2cc(O)c3[nH]c(C(F)(F)F)c(C(=O)OC)c3c21. The van der Waals surface area contributed by atoms with Crippen LogP contribution in [0.5, 0.6) is 5.75 Å². The lowest BCUT2D eigenvalue weighted by atomic mass is 9.92. The smallest absolute Gasteiger partial charge is 0.432 e. The Hall–Kier alpha value is -4.15. The highest BCUT2D eigenvalue weighted by molar-refractivity contribution is 6.15. The summed E-state index contributed by atoms with van der Waals surface area (Å²) in [4.78, 5) is 32.8. The Morgan fingerprint density at radius 2 is 1.97 bits per heavy atom. The number of anilines is 2. The lowest BCUT2D eigenvalue weighted by molar-refractivity contribution is -0.141. The molecule has 4 aromatic rings. The van der Waals surface area contributed by atoms with Crippen molar-refractivity contribution in [2.45, 2.75) is 25.4 Å². The number of halogens is 3. The summed E-state index contributed by atoms with van der Waals surface area (Å²) in [6, 6.07) is 8.55. The lowest BCUT2D eigenvalue weighted by Gasteiger charge is -2.17. The standard InChI is InChI=1S/C25H23F3N4O4/c1-4-11-10-32(23(34)15-8-12-7-13(29-2)5-6-14(12)30-15)16-9-17(33)21-19(18(11)16)20(24(35)36-3)22(31-21)25(26,27)28/h5-9,11,29-31,33H,4,10H2,1-3H3/t11-/m1/s1. The third-order valence-corrected chi connectivity index (χ3v) is 6.73. The Morgan fingerprint density at radius 3 is 2.61 bits per heavy atom. The van der Waals surface area contributed by atoms with E-state index in [9.17, 15) is 27.9 Å². The number of benzene rings is 2. The fourth-order valence-electron chi connectivity index (χ4n) is 5.01. The maximum Gasteiger partial charge on any atom is 0.432 e. The van der Waals surface area contributed by atoms with Gasteiger partial charge in [-0.3, -0.25) is 4.79 Å². The quantitative estimate of drug-likeness (QED) is 0.282. The van der Waals surface area contributed by atoms with E-state index in [-0.39, 0.29) is 29.1 Å². The van der Waals surface area contributed by atoms with Crippen molar-refractivity contribution in [3.63, 3.8) is 0 Å².